The average molecular weight is 431 g/mol. The van der Waals surface area contributed by atoms with Gasteiger partial charge < -0.3 is 4.74 Å². The summed E-state index contributed by atoms with van der Waals surface area (Å²) in [4.78, 5) is 31.8. The van der Waals surface area contributed by atoms with E-state index in [-0.39, 0.29) is 5.56 Å². The van der Waals surface area contributed by atoms with Crippen molar-refractivity contribution in [3.05, 3.63) is 88.2 Å². The van der Waals surface area contributed by atoms with Crippen molar-refractivity contribution in [3.8, 4) is 0 Å². The lowest BCUT2D eigenvalue weighted by Gasteiger charge is -2.25. The molecule has 2 aromatic heterocycles. The molecule has 0 bridgehead atoms. The third-order valence-electron chi connectivity index (χ3n) is 4.44. The lowest BCUT2D eigenvalue weighted by molar-refractivity contribution is -0.136. The van der Waals surface area contributed by atoms with Crippen LogP contribution in [0.1, 0.15) is 23.4 Å². The quantitative estimate of drug-likeness (QED) is 0.600. The number of rotatable bonds is 3. The highest BCUT2D eigenvalue weighted by atomic mass is 35.5. The third kappa shape index (κ3) is 3.15. The molecule has 4 rings (SSSR count). The SMILES string of the molecule is COC(=O)C1=C(C)N=c2sc(=Cc3cccs3)c(=O)n2C1c1ccccc1Cl. The number of thiophene rings is 1. The summed E-state index contributed by atoms with van der Waals surface area (Å²) in [5.74, 6) is -0.529. The van der Waals surface area contributed by atoms with E-state index in [4.69, 9.17) is 16.3 Å². The lowest BCUT2D eigenvalue weighted by atomic mass is 9.96. The number of carbonyl (C=O) groups is 1. The van der Waals surface area contributed by atoms with Gasteiger partial charge in [0.2, 0.25) is 0 Å². The molecule has 0 spiro atoms. The molecule has 0 fully saturated rings. The van der Waals surface area contributed by atoms with E-state index in [9.17, 15) is 9.59 Å². The van der Waals surface area contributed by atoms with E-state index >= 15 is 0 Å². The predicted molar refractivity (Wildman–Crippen MR) is 112 cm³/mol. The van der Waals surface area contributed by atoms with Crippen molar-refractivity contribution in [2.75, 3.05) is 7.11 Å². The number of ether oxygens (including phenoxy) is 1. The molecule has 3 heterocycles. The summed E-state index contributed by atoms with van der Waals surface area (Å²) in [7, 11) is 1.31. The standard InChI is InChI=1S/C20H15ClN2O3S2/c1-11-16(19(25)26-2)17(13-7-3-4-8-14(13)21)23-18(24)15(28-20(23)22-11)10-12-6-5-9-27-12/h3-10,17H,1-2H3. The van der Waals surface area contributed by atoms with Crippen LogP contribution in [0.15, 0.2) is 62.8 Å². The summed E-state index contributed by atoms with van der Waals surface area (Å²) >= 11 is 9.28. The normalized spacial score (nSPS) is 16.7. The van der Waals surface area contributed by atoms with Crippen LogP contribution in [0.3, 0.4) is 0 Å². The van der Waals surface area contributed by atoms with Gasteiger partial charge in [0.1, 0.15) is 6.04 Å². The van der Waals surface area contributed by atoms with Crippen LogP contribution < -0.4 is 14.9 Å². The number of halogens is 1. The number of methoxy groups -OCH3 is 1. The summed E-state index contributed by atoms with van der Waals surface area (Å²) in [5.41, 5.74) is 1.27. The third-order valence-corrected chi connectivity index (χ3v) is 6.59. The molecule has 0 amide bonds. The van der Waals surface area contributed by atoms with Gasteiger partial charge in [0.25, 0.3) is 5.56 Å². The molecule has 0 saturated heterocycles. The Kier molecular flexibility index (Phi) is 5.05. The number of nitrogens with zero attached hydrogens (tertiary/aromatic N) is 2. The molecule has 1 aromatic carbocycles. The van der Waals surface area contributed by atoms with Gasteiger partial charge in [0.15, 0.2) is 4.80 Å². The fourth-order valence-electron chi connectivity index (χ4n) is 3.19. The van der Waals surface area contributed by atoms with E-state index in [2.05, 4.69) is 4.99 Å². The van der Waals surface area contributed by atoms with Gasteiger partial charge in [-0.3, -0.25) is 9.36 Å². The van der Waals surface area contributed by atoms with Gasteiger partial charge in [-0.25, -0.2) is 9.79 Å². The molecule has 0 aliphatic carbocycles. The first kappa shape index (κ1) is 18.9. The van der Waals surface area contributed by atoms with Gasteiger partial charge >= 0.3 is 5.97 Å². The van der Waals surface area contributed by atoms with E-state index in [1.165, 1.54) is 23.0 Å². The van der Waals surface area contributed by atoms with Gasteiger partial charge in [0, 0.05) is 9.90 Å². The molecule has 3 aromatic rings. The summed E-state index contributed by atoms with van der Waals surface area (Å²) < 4.78 is 7.07. The van der Waals surface area contributed by atoms with Crippen LogP contribution in [-0.2, 0) is 9.53 Å². The van der Waals surface area contributed by atoms with Crippen molar-refractivity contribution in [1.29, 1.82) is 0 Å². The summed E-state index contributed by atoms with van der Waals surface area (Å²) in [6, 6.07) is 10.4. The molecule has 0 radical (unpaired) electrons. The Hall–Kier alpha value is -2.48. The Morgan fingerprint density at radius 3 is 2.75 bits per heavy atom. The summed E-state index contributed by atoms with van der Waals surface area (Å²) in [6.45, 7) is 1.74. The molecule has 1 aliphatic rings. The molecule has 1 unspecified atom stereocenters. The summed E-state index contributed by atoms with van der Waals surface area (Å²) in [5, 5.41) is 2.42. The van der Waals surface area contributed by atoms with E-state index < -0.39 is 12.0 Å². The molecule has 8 heteroatoms. The van der Waals surface area contributed by atoms with Crippen molar-refractivity contribution in [2.45, 2.75) is 13.0 Å². The first-order chi connectivity index (χ1) is 13.5. The zero-order chi connectivity index (χ0) is 19.8. The van der Waals surface area contributed by atoms with Crippen LogP contribution in [0.25, 0.3) is 6.08 Å². The zero-order valence-corrected chi connectivity index (χ0v) is 17.4. The number of hydrogen-bond acceptors (Lipinski definition) is 6. The molecule has 1 aliphatic heterocycles. The lowest BCUT2D eigenvalue weighted by Crippen LogP contribution is -2.39. The zero-order valence-electron chi connectivity index (χ0n) is 15.0. The average Bonchev–Trinajstić information content (AvgIpc) is 3.29. The minimum absolute atomic E-state index is 0.212. The van der Waals surface area contributed by atoms with Gasteiger partial charge in [-0.15, -0.1) is 11.3 Å². The highest BCUT2D eigenvalue weighted by Crippen LogP contribution is 2.34. The van der Waals surface area contributed by atoms with E-state index in [0.717, 1.165) is 4.88 Å². The largest absolute Gasteiger partial charge is 0.466 e. The van der Waals surface area contributed by atoms with Crippen molar-refractivity contribution in [1.82, 2.24) is 4.57 Å². The second-order valence-electron chi connectivity index (χ2n) is 6.11. The first-order valence-electron chi connectivity index (χ1n) is 8.40. The molecular weight excluding hydrogens is 416 g/mol. The maximum atomic E-state index is 13.3. The number of allylic oxidation sites excluding steroid dienone is 1. The van der Waals surface area contributed by atoms with Gasteiger partial charge in [-0.05, 0) is 36.1 Å². The van der Waals surface area contributed by atoms with E-state index in [0.29, 0.717) is 31.2 Å². The molecule has 0 N–H and O–H groups in total. The van der Waals surface area contributed by atoms with E-state index in [1.807, 2.05) is 35.7 Å². The number of benzene rings is 1. The van der Waals surface area contributed by atoms with Gasteiger partial charge in [-0.1, -0.05) is 47.2 Å². The fourth-order valence-corrected chi connectivity index (χ4v) is 5.19. The topological polar surface area (TPSA) is 60.7 Å². The van der Waals surface area contributed by atoms with Crippen molar-refractivity contribution in [3.63, 3.8) is 0 Å². The van der Waals surface area contributed by atoms with Crippen LogP contribution >= 0.6 is 34.3 Å². The molecule has 1 atom stereocenters. The van der Waals surface area contributed by atoms with Crippen molar-refractivity contribution < 1.29 is 9.53 Å². The fraction of sp³-hybridized carbons (Fsp3) is 0.150. The highest BCUT2D eigenvalue weighted by molar-refractivity contribution is 7.11. The number of hydrogen-bond donors (Lipinski definition) is 0. The van der Waals surface area contributed by atoms with Crippen molar-refractivity contribution >= 4 is 46.3 Å². The Labute approximate surface area is 173 Å². The number of thiazole rings is 1. The second-order valence-corrected chi connectivity index (χ2v) is 8.51. The number of esters is 1. The highest BCUT2D eigenvalue weighted by Gasteiger charge is 2.34. The smallest absolute Gasteiger partial charge is 0.338 e. The number of carbonyl (C=O) groups excluding carboxylic acids is 1. The molecular formula is C20H15ClN2O3S2. The Morgan fingerprint density at radius 2 is 2.07 bits per heavy atom. The van der Waals surface area contributed by atoms with Crippen LogP contribution in [-0.4, -0.2) is 17.6 Å². The van der Waals surface area contributed by atoms with Crippen LogP contribution in [0, 0.1) is 0 Å². The van der Waals surface area contributed by atoms with Crippen LogP contribution in [0.4, 0.5) is 0 Å². The second kappa shape index (κ2) is 7.50. The minimum Gasteiger partial charge on any atom is -0.466 e. The molecule has 0 saturated carbocycles. The van der Waals surface area contributed by atoms with Gasteiger partial charge in [-0.2, -0.15) is 0 Å². The number of fused-ring (bicyclic) bond motifs is 1. The monoisotopic (exact) mass is 430 g/mol. The minimum atomic E-state index is -0.692. The summed E-state index contributed by atoms with van der Waals surface area (Å²) in [6.07, 6.45) is 1.84. The Balaban J connectivity index is 2.03. The first-order valence-corrected chi connectivity index (χ1v) is 10.5. The maximum Gasteiger partial charge on any atom is 0.338 e. The molecule has 142 valence electrons. The van der Waals surface area contributed by atoms with E-state index in [1.54, 1.807) is 30.4 Å². The van der Waals surface area contributed by atoms with Gasteiger partial charge in [0.05, 0.1) is 22.9 Å². The molecule has 28 heavy (non-hydrogen) atoms. The molecule has 5 nitrogen and oxygen atoms in total. The Bertz CT molecular complexity index is 1270. The maximum absolute atomic E-state index is 13.3. The van der Waals surface area contributed by atoms with Crippen molar-refractivity contribution in [2.24, 2.45) is 4.99 Å². The predicted octanol–water partition coefficient (Wildman–Crippen LogP) is 3.12. The number of aromatic nitrogens is 1. The van der Waals surface area contributed by atoms with Crippen LogP contribution in [0.5, 0.6) is 0 Å². The van der Waals surface area contributed by atoms with Crippen LogP contribution in [0.2, 0.25) is 5.02 Å². The Morgan fingerprint density at radius 1 is 1.29 bits per heavy atom.